The van der Waals surface area contributed by atoms with Crippen molar-refractivity contribution in [3.63, 3.8) is 0 Å². The van der Waals surface area contributed by atoms with Crippen molar-refractivity contribution >= 4 is 28.6 Å². The molecule has 2 aromatic carbocycles. The molecule has 1 amide bonds. The number of carbonyl (C=O) groups excluding carboxylic acids is 1. The molecule has 0 saturated carbocycles. The standard InChI is InChI=1S/C26H30FN7O3/c1-4-30-19(17-7-5-16(15-28)6-8-17)14-21(35)33-9-11-34(12-10-33)26-31-23-18(25(29)32-26)13-20(36-2)24(37-3)22(23)27/h5-8,13,19,30H,4,9-12,14H2,1-3H3,(H2,29,31,32)/t19-/m1/s1. The Hall–Kier alpha value is -4.17. The molecule has 1 saturated heterocycles. The smallest absolute Gasteiger partial charge is 0.228 e. The lowest BCUT2D eigenvalue weighted by atomic mass is 10.0. The maximum absolute atomic E-state index is 15.1. The van der Waals surface area contributed by atoms with E-state index in [4.69, 9.17) is 20.5 Å². The van der Waals surface area contributed by atoms with Gasteiger partial charge < -0.3 is 30.3 Å². The molecule has 0 unspecified atom stereocenters. The fourth-order valence-corrected chi connectivity index (χ4v) is 4.48. The van der Waals surface area contributed by atoms with Gasteiger partial charge in [0.1, 0.15) is 11.3 Å². The summed E-state index contributed by atoms with van der Waals surface area (Å²) in [6.45, 7) is 4.60. The highest BCUT2D eigenvalue weighted by atomic mass is 19.1. The van der Waals surface area contributed by atoms with E-state index in [0.29, 0.717) is 56.0 Å². The molecule has 1 atom stereocenters. The van der Waals surface area contributed by atoms with Crippen LogP contribution in [0.3, 0.4) is 0 Å². The molecule has 0 spiro atoms. The number of nitriles is 1. The first-order valence-corrected chi connectivity index (χ1v) is 12.0. The number of hydrogen-bond donors (Lipinski definition) is 2. The van der Waals surface area contributed by atoms with E-state index in [0.717, 1.165) is 5.56 Å². The average Bonchev–Trinajstić information content (AvgIpc) is 2.93. The predicted molar refractivity (Wildman–Crippen MR) is 138 cm³/mol. The van der Waals surface area contributed by atoms with Crippen molar-refractivity contribution in [2.24, 2.45) is 0 Å². The van der Waals surface area contributed by atoms with Crippen LogP contribution in [0.5, 0.6) is 11.5 Å². The number of anilines is 2. The van der Waals surface area contributed by atoms with E-state index in [1.165, 1.54) is 14.2 Å². The number of ether oxygens (including phenoxy) is 2. The molecular weight excluding hydrogens is 477 g/mol. The molecule has 1 fully saturated rings. The topological polar surface area (TPSA) is 130 Å². The molecule has 4 rings (SSSR count). The van der Waals surface area contributed by atoms with Gasteiger partial charge in [-0.15, -0.1) is 0 Å². The number of aromatic nitrogens is 2. The lowest BCUT2D eigenvalue weighted by Gasteiger charge is -2.35. The van der Waals surface area contributed by atoms with Crippen LogP contribution in [0.4, 0.5) is 16.2 Å². The SMILES string of the molecule is CCN[C@H](CC(=O)N1CCN(c2nc(N)c3cc(OC)c(OC)c(F)c3n2)CC1)c1ccc(C#N)cc1. The van der Waals surface area contributed by atoms with E-state index in [1.807, 2.05) is 28.9 Å². The van der Waals surface area contributed by atoms with E-state index >= 15 is 4.39 Å². The first-order valence-electron chi connectivity index (χ1n) is 12.0. The van der Waals surface area contributed by atoms with Gasteiger partial charge in [0.25, 0.3) is 0 Å². The van der Waals surface area contributed by atoms with Crippen LogP contribution in [-0.2, 0) is 4.79 Å². The zero-order valence-electron chi connectivity index (χ0n) is 21.1. The number of rotatable bonds is 8. The van der Waals surface area contributed by atoms with Gasteiger partial charge in [0.2, 0.25) is 11.9 Å². The molecular formula is C26H30FN7O3. The zero-order chi connectivity index (χ0) is 26.5. The molecule has 3 aromatic rings. The molecule has 37 heavy (non-hydrogen) atoms. The molecule has 1 aliphatic rings. The highest BCUT2D eigenvalue weighted by Gasteiger charge is 2.27. The summed E-state index contributed by atoms with van der Waals surface area (Å²) in [4.78, 5) is 25.6. The lowest BCUT2D eigenvalue weighted by molar-refractivity contribution is -0.132. The van der Waals surface area contributed by atoms with Crippen molar-refractivity contribution < 1.29 is 18.7 Å². The normalized spacial score (nSPS) is 14.4. The second kappa shape index (κ2) is 11.3. The van der Waals surface area contributed by atoms with Gasteiger partial charge in [-0.1, -0.05) is 19.1 Å². The van der Waals surface area contributed by atoms with Crippen molar-refractivity contribution in [1.29, 1.82) is 5.26 Å². The molecule has 11 heteroatoms. The fraction of sp³-hybridized carbons (Fsp3) is 0.385. The van der Waals surface area contributed by atoms with Gasteiger partial charge in [0.15, 0.2) is 17.3 Å². The van der Waals surface area contributed by atoms with Crippen molar-refractivity contribution in [1.82, 2.24) is 20.2 Å². The number of nitrogen functional groups attached to an aromatic ring is 1. The van der Waals surface area contributed by atoms with Crippen molar-refractivity contribution in [2.75, 3.05) is 57.6 Å². The Morgan fingerprint density at radius 3 is 2.49 bits per heavy atom. The number of piperazine rings is 1. The van der Waals surface area contributed by atoms with Crippen LogP contribution in [0, 0.1) is 17.1 Å². The predicted octanol–water partition coefficient (Wildman–Crippen LogP) is 2.63. The first kappa shape index (κ1) is 25.9. The number of carbonyl (C=O) groups is 1. The Labute approximate surface area is 214 Å². The molecule has 0 radical (unpaired) electrons. The Bertz CT molecular complexity index is 1320. The van der Waals surface area contributed by atoms with Gasteiger partial charge >= 0.3 is 0 Å². The number of halogens is 1. The van der Waals surface area contributed by atoms with Gasteiger partial charge in [0.05, 0.1) is 25.9 Å². The number of fused-ring (bicyclic) bond motifs is 1. The third-order valence-electron chi connectivity index (χ3n) is 6.48. The zero-order valence-corrected chi connectivity index (χ0v) is 21.1. The molecule has 0 bridgehead atoms. The largest absolute Gasteiger partial charge is 0.493 e. The Balaban J connectivity index is 1.46. The van der Waals surface area contributed by atoms with Crippen LogP contribution in [0.1, 0.15) is 30.5 Å². The Morgan fingerprint density at radius 1 is 1.19 bits per heavy atom. The van der Waals surface area contributed by atoms with E-state index in [9.17, 15) is 4.79 Å². The number of nitrogens with one attached hydrogen (secondary N) is 1. The van der Waals surface area contributed by atoms with E-state index in [1.54, 1.807) is 18.2 Å². The number of hydrogen-bond acceptors (Lipinski definition) is 9. The summed E-state index contributed by atoms with van der Waals surface area (Å²) in [5.74, 6) is -0.0535. The van der Waals surface area contributed by atoms with Crippen molar-refractivity contribution in [3.8, 4) is 17.6 Å². The molecule has 0 aliphatic carbocycles. The van der Waals surface area contributed by atoms with Gasteiger partial charge in [-0.2, -0.15) is 10.2 Å². The summed E-state index contributed by atoms with van der Waals surface area (Å²) in [5, 5.41) is 12.7. The minimum Gasteiger partial charge on any atom is -0.493 e. The number of methoxy groups -OCH3 is 2. The lowest BCUT2D eigenvalue weighted by Crippen LogP contribution is -2.49. The highest BCUT2D eigenvalue weighted by molar-refractivity contribution is 5.92. The van der Waals surface area contributed by atoms with Crippen molar-refractivity contribution in [2.45, 2.75) is 19.4 Å². The molecule has 1 aromatic heterocycles. The molecule has 2 heterocycles. The van der Waals surface area contributed by atoms with Crippen molar-refractivity contribution in [3.05, 3.63) is 47.3 Å². The number of amides is 1. The molecule has 10 nitrogen and oxygen atoms in total. The maximum Gasteiger partial charge on any atom is 0.228 e. The van der Waals surface area contributed by atoms with Crippen LogP contribution in [0.2, 0.25) is 0 Å². The first-order chi connectivity index (χ1) is 17.9. The van der Waals surface area contributed by atoms with Gasteiger partial charge in [-0.25, -0.2) is 9.37 Å². The van der Waals surface area contributed by atoms with Gasteiger partial charge in [0, 0.05) is 44.0 Å². The summed E-state index contributed by atoms with van der Waals surface area (Å²) in [7, 11) is 2.77. The summed E-state index contributed by atoms with van der Waals surface area (Å²) in [5.41, 5.74) is 7.74. The summed E-state index contributed by atoms with van der Waals surface area (Å²) >= 11 is 0. The van der Waals surface area contributed by atoms with Crippen LogP contribution in [0.25, 0.3) is 10.9 Å². The Kier molecular flexibility index (Phi) is 7.89. The van der Waals surface area contributed by atoms with Gasteiger partial charge in [-0.05, 0) is 30.3 Å². The molecule has 194 valence electrons. The van der Waals surface area contributed by atoms with Crippen LogP contribution >= 0.6 is 0 Å². The summed E-state index contributed by atoms with van der Waals surface area (Å²) in [6, 6.07) is 10.8. The highest BCUT2D eigenvalue weighted by Crippen LogP contribution is 2.37. The number of nitrogens with two attached hydrogens (primary N) is 1. The van der Waals surface area contributed by atoms with Crippen LogP contribution in [-0.4, -0.2) is 67.7 Å². The molecule has 3 N–H and O–H groups in total. The number of nitrogens with zero attached hydrogens (tertiary/aromatic N) is 5. The Morgan fingerprint density at radius 2 is 1.89 bits per heavy atom. The minimum atomic E-state index is -0.668. The van der Waals surface area contributed by atoms with Crippen LogP contribution in [0.15, 0.2) is 30.3 Å². The monoisotopic (exact) mass is 507 g/mol. The number of benzene rings is 2. The third kappa shape index (κ3) is 5.34. The van der Waals surface area contributed by atoms with Gasteiger partial charge in [-0.3, -0.25) is 4.79 Å². The van der Waals surface area contributed by atoms with E-state index < -0.39 is 5.82 Å². The fourth-order valence-electron chi connectivity index (χ4n) is 4.48. The average molecular weight is 508 g/mol. The quantitative estimate of drug-likeness (QED) is 0.473. The summed E-state index contributed by atoms with van der Waals surface area (Å²) in [6.07, 6.45) is 0.298. The molecule has 1 aliphatic heterocycles. The van der Waals surface area contributed by atoms with Crippen LogP contribution < -0.4 is 25.4 Å². The second-order valence-corrected chi connectivity index (χ2v) is 8.65. The van der Waals surface area contributed by atoms with E-state index in [-0.39, 0.29) is 34.8 Å². The van der Waals surface area contributed by atoms with E-state index in [2.05, 4.69) is 21.4 Å². The second-order valence-electron chi connectivity index (χ2n) is 8.65. The summed E-state index contributed by atoms with van der Waals surface area (Å²) < 4.78 is 25.5. The maximum atomic E-state index is 15.1. The minimum absolute atomic E-state index is 0.0248. The third-order valence-corrected chi connectivity index (χ3v) is 6.48.